The van der Waals surface area contributed by atoms with Gasteiger partial charge < -0.3 is 9.64 Å². The second kappa shape index (κ2) is 6.39. The first-order chi connectivity index (χ1) is 9.52. The first-order valence-electron chi connectivity index (χ1n) is 6.67. The van der Waals surface area contributed by atoms with Crippen molar-refractivity contribution in [2.75, 3.05) is 13.7 Å². The molecule has 1 aromatic carbocycles. The van der Waals surface area contributed by atoms with Crippen molar-refractivity contribution in [2.45, 2.75) is 25.8 Å². The zero-order valence-electron chi connectivity index (χ0n) is 11.6. The summed E-state index contributed by atoms with van der Waals surface area (Å²) in [4.78, 5) is 25.9. The lowest BCUT2D eigenvalue weighted by atomic mass is 10.1. The van der Waals surface area contributed by atoms with E-state index >= 15 is 0 Å². The van der Waals surface area contributed by atoms with Gasteiger partial charge in [-0.25, -0.2) is 0 Å². The van der Waals surface area contributed by atoms with Gasteiger partial charge in [-0.3, -0.25) is 9.59 Å². The Kier molecular flexibility index (Phi) is 4.81. The highest BCUT2D eigenvalue weighted by molar-refractivity contribution is 9.10. The Morgan fingerprint density at radius 1 is 1.45 bits per heavy atom. The lowest BCUT2D eigenvalue weighted by Crippen LogP contribution is -2.38. The minimum atomic E-state index is -0.309. The van der Waals surface area contributed by atoms with Crippen LogP contribution in [0.4, 0.5) is 0 Å². The Morgan fingerprint density at radius 2 is 2.15 bits per heavy atom. The molecule has 0 N–H and O–H groups in total. The van der Waals surface area contributed by atoms with E-state index in [2.05, 4.69) is 15.9 Å². The Morgan fingerprint density at radius 3 is 2.70 bits per heavy atom. The third kappa shape index (κ3) is 3.60. The number of esters is 1. The van der Waals surface area contributed by atoms with Gasteiger partial charge in [-0.05, 0) is 31.0 Å². The van der Waals surface area contributed by atoms with E-state index in [1.165, 1.54) is 7.11 Å². The number of hydrogen-bond acceptors (Lipinski definition) is 3. The molecule has 0 spiro atoms. The van der Waals surface area contributed by atoms with Crippen molar-refractivity contribution in [1.29, 1.82) is 0 Å². The molecule has 0 bridgehead atoms. The third-order valence-corrected chi connectivity index (χ3v) is 3.89. The molecule has 108 valence electrons. The third-order valence-electron chi connectivity index (χ3n) is 3.39. The van der Waals surface area contributed by atoms with E-state index in [0.29, 0.717) is 12.1 Å². The summed E-state index contributed by atoms with van der Waals surface area (Å²) in [5.41, 5.74) is 0.642. The number of halogens is 1. The second-order valence-corrected chi connectivity index (χ2v) is 6.04. The van der Waals surface area contributed by atoms with Crippen molar-refractivity contribution in [2.24, 2.45) is 5.92 Å². The second-order valence-electron chi connectivity index (χ2n) is 5.12. The molecule has 5 heteroatoms. The van der Waals surface area contributed by atoms with Crippen LogP contribution >= 0.6 is 15.9 Å². The standard InChI is InChI=1S/C15H18BrNO3/c1-10(15(19)20-2)9-17(13-6-7-13)14(18)11-4-3-5-12(16)8-11/h3-5,8,10,13H,6-7,9H2,1-2H3. The van der Waals surface area contributed by atoms with Gasteiger partial charge in [0.2, 0.25) is 0 Å². The van der Waals surface area contributed by atoms with Crippen molar-refractivity contribution < 1.29 is 14.3 Å². The summed E-state index contributed by atoms with van der Waals surface area (Å²) < 4.78 is 5.61. The Hall–Kier alpha value is -1.36. The fourth-order valence-electron chi connectivity index (χ4n) is 2.14. The number of carbonyl (C=O) groups excluding carboxylic acids is 2. The number of carbonyl (C=O) groups is 2. The molecule has 0 aliphatic heterocycles. The lowest BCUT2D eigenvalue weighted by molar-refractivity contribution is -0.145. The first-order valence-corrected chi connectivity index (χ1v) is 7.46. The number of hydrogen-bond donors (Lipinski definition) is 0. The normalized spacial score (nSPS) is 15.6. The van der Waals surface area contributed by atoms with E-state index in [9.17, 15) is 9.59 Å². The van der Waals surface area contributed by atoms with E-state index < -0.39 is 0 Å². The van der Waals surface area contributed by atoms with Crippen molar-refractivity contribution in [3.63, 3.8) is 0 Å². The summed E-state index contributed by atoms with van der Waals surface area (Å²) in [5, 5.41) is 0. The minimum absolute atomic E-state index is 0.0236. The van der Waals surface area contributed by atoms with Gasteiger partial charge in [0.25, 0.3) is 5.91 Å². The van der Waals surface area contributed by atoms with Crippen molar-refractivity contribution in [3.8, 4) is 0 Å². The number of amides is 1. The van der Waals surface area contributed by atoms with Crippen LogP contribution in [0.5, 0.6) is 0 Å². The van der Waals surface area contributed by atoms with Crippen LogP contribution in [0, 0.1) is 5.92 Å². The lowest BCUT2D eigenvalue weighted by Gasteiger charge is -2.25. The molecular weight excluding hydrogens is 322 g/mol. The molecule has 1 fully saturated rings. The summed E-state index contributed by atoms with van der Waals surface area (Å²) >= 11 is 3.37. The highest BCUT2D eigenvalue weighted by atomic mass is 79.9. The highest BCUT2D eigenvalue weighted by Crippen LogP contribution is 2.29. The van der Waals surface area contributed by atoms with Crippen LogP contribution in [0.1, 0.15) is 30.1 Å². The molecule has 1 aliphatic carbocycles. The molecule has 2 rings (SSSR count). The summed E-state index contributed by atoms with van der Waals surface area (Å²) in [7, 11) is 1.37. The van der Waals surface area contributed by atoms with Crippen LogP contribution < -0.4 is 0 Å². The van der Waals surface area contributed by atoms with Gasteiger partial charge in [-0.1, -0.05) is 28.9 Å². The van der Waals surface area contributed by atoms with E-state index in [1.54, 1.807) is 24.0 Å². The average Bonchev–Trinajstić information content (AvgIpc) is 3.27. The molecule has 1 aliphatic rings. The molecule has 20 heavy (non-hydrogen) atoms. The van der Waals surface area contributed by atoms with E-state index in [1.807, 2.05) is 12.1 Å². The van der Waals surface area contributed by atoms with E-state index in [4.69, 9.17) is 4.74 Å². The quantitative estimate of drug-likeness (QED) is 0.775. The summed E-state index contributed by atoms with van der Waals surface area (Å²) in [6.07, 6.45) is 2.02. The van der Waals surface area contributed by atoms with Gasteiger partial charge in [-0.2, -0.15) is 0 Å². The molecule has 1 aromatic rings. The Balaban J connectivity index is 2.12. The summed E-state index contributed by atoms with van der Waals surface area (Å²) in [6.45, 7) is 2.19. The molecule has 0 radical (unpaired) electrons. The van der Waals surface area contributed by atoms with Gasteiger partial charge in [0.15, 0.2) is 0 Å². The van der Waals surface area contributed by atoms with Crippen molar-refractivity contribution >= 4 is 27.8 Å². The van der Waals surface area contributed by atoms with Crippen LogP contribution in [0.25, 0.3) is 0 Å². The number of benzene rings is 1. The number of ether oxygens (including phenoxy) is 1. The van der Waals surface area contributed by atoms with Gasteiger partial charge in [-0.15, -0.1) is 0 Å². The van der Waals surface area contributed by atoms with Crippen LogP contribution in [0.2, 0.25) is 0 Å². The first kappa shape index (κ1) is 15.0. The smallest absolute Gasteiger partial charge is 0.310 e. The summed E-state index contributed by atoms with van der Waals surface area (Å²) in [5.74, 6) is -0.612. The fraction of sp³-hybridized carbons (Fsp3) is 0.467. The number of rotatable bonds is 5. The van der Waals surface area contributed by atoms with Crippen molar-refractivity contribution in [3.05, 3.63) is 34.3 Å². The van der Waals surface area contributed by atoms with Crippen LogP contribution in [-0.4, -0.2) is 36.5 Å². The zero-order chi connectivity index (χ0) is 14.7. The topological polar surface area (TPSA) is 46.6 Å². The van der Waals surface area contributed by atoms with Gasteiger partial charge in [0.1, 0.15) is 0 Å². The number of methoxy groups -OCH3 is 1. The monoisotopic (exact) mass is 339 g/mol. The largest absolute Gasteiger partial charge is 0.469 e. The predicted octanol–water partition coefficient (Wildman–Crippen LogP) is 2.86. The van der Waals surface area contributed by atoms with Gasteiger partial charge >= 0.3 is 5.97 Å². The van der Waals surface area contributed by atoms with Gasteiger partial charge in [0, 0.05) is 22.6 Å². The van der Waals surface area contributed by atoms with Crippen LogP contribution in [0.3, 0.4) is 0 Å². The molecule has 0 saturated heterocycles. The molecule has 1 saturated carbocycles. The van der Waals surface area contributed by atoms with Crippen LogP contribution in [-0.2, 0) is 9.53 Å². The predicted molar refractivity (Wildman–Crippen MR) is 79.4 cm³/mol. The van der Waals surface area contributed by atoms with Crippen molar-refractivity contribution in [1.82, 2.24) is 4.90 Å². The minimum Gasteiger partial charge on any atom is -0.469 e. The average molecular weight is 340 g/mol. The molecule has 0 aromatic heterocycles. The molecule has 1 amide bonds. The Bertz CT molecular complexity index is 514. The van der Waals surface area contributed by atoms with E-state index in [0.717, 1.165) is 17.3 Å². The highest BCUT2D eigenvalue weighted by Gasteiger charge is 2.35. The van der Waals surface area contributed by atoms with E-state index in [-0.39, 0.29) is 23.8 Å². The van der Waals surface area contributed by atoms with Crippen LogP contribution in [0.15, 0.2) is 28.7 Å². The SMILES string of the molecule is COC(=O)C(C)CN(C(=O)c1cccc(Br)c1)C1CC1. The number of nitrogens with zero attached hydrogens (tertiary/aromatic N) is 1. The fourth-order valence-corrected chi connectivity index (χ4v) is 2.54. The maximum absolute atomic E-state index is 12.6. The molecular formula is C15H18BrNO3. The molecule has 4 nitrogen and oxygen atoms in total. The molecule has 1 unspecified atom stereocenters. The maximum Gasteiger partial charge on any atom is 0.310 e. The zero-order valence-corrected chi connectivity index (χ0v) is 13.2. The molecule has 1 atom stereocenters. The van der Waals surface area contributed by atoms with Gasteiger partial charge in [0.05, 0.1) is 13.0 Å². The Labute approximate surface area is 127 Å². The molecule has 0 heterocycles. The maximum atomic E-state index is 12.6. The summed E-state index contributed by atoms with van der Waals surface area (Å²) in [6, 6.07) is 7.58.